The van der Waals surface area contributed by atoms with Crippen molar-refractivity contribution in [2.24, 2.45) is 5.10 Å². The molecule has 1 aromatic heterocycles. The Labute approximate surface area is 122 Å². The molecule has 0 saturated heterocycles. The molecule has 0 unspecified atom stereocenters. The van der Waals surface area contributed by atoms with Crippen LogP contribution >= 0.6 is 0 Å². The molecule has 108 valence electrons. The minimum Gasteiger partial charge on any atom is -0.496 e. The minimum atomic E-state index is -0.321. The van der Waals surface area contributed by atoms with Gasteiger partial charge in [0.2, 0.25) is 0 Å². The summed E-state index contributed by atoms with van der Waals surface area (Å²) in [5, 5.41) is 4.01. The quantitative estimate of drug-likeness (QED) is 0.677. The van der Waals surface area contributed by atoms with E-state index in [1.54, 1.807) is 55.7 Å². The number of carbonyl (C=O) groups excluding carboxylic acids is 1. The maximum absolute atomic E-state index is 12.0. The van der Waals surface area contributed by atoms with Gasteiger partial charge in [0.25, 0.3) is 5.91 Å². The molecule has 5 heteroatoms. The number of hydrazone groups is 1. The Bertz CT molecular complexity index is 658. The maximum Gasteiger partial charge on any atom is 0.275 e. The second-order valence-corrected chi connectivity index (χ2v) is 4.24. The van der Waals surface area contributed by atoms with Crippen molar-refractivity contribution in [3.05, 3.63) is 60.1 Å². The van der Waals surface area contributed by atoms with Crippen LogP contribution in [-0.4, -0.2) is 18.7 Å². The standard InChI is InChI=1S/C16H16N2O3/c1-12(9-10-13-6-5-11-21-13)17-18-16(19)14-7-3-4-8-15(14)20-2/h3-11H,1-2H3,(H,18,19)/b10-9+,17-12?. The van der Waals surface area contributed by atoms with Gasteiger partial charge in [-0.15, -0.1) is 0 Å². The van der Waals surface area contributed by atoms with E-state index in [0.717, 1.165) is 5.76 Å². The molecule has 0 aliphatic heterocycles. The van der Waals surface area contributed by atoms with E-state index in [1.807, 2.05) is 6.07 Å². The highest BCUT2D eigenvalue weighted by molar-refractivity contribution is 6.00. The van der Waals surface area contributed by atoms with Crippen molar-refractivity contribution in [2.75, 3.05) is 7.11 Å². The predicted molar refractivity (Wildman–Crippen MR) is 81.3 cm³/mol. The Morgan fingerprint density at radius 1 is 1.29 bits per heavy atom. The third-order valence-electron chi connectivity index (χ3n) is 2.72. The van der Waals surface area contributed by atoms with Crippen molar-refractivity contribution in [3.63, 3.8) is 0 Å². The number of rotatable bonds is 5. The molecular formula is C16H16N2O3. The summed E-state index contributed by atoms with van der Waals surface area (Å²) in [6.45, 7) is 1.78. The summed E-state index contributed by atoms with van der Waals surface area (Å²) in [7, 11) is 1.52. The van der Waals surface area contributed by atoms with Crippen LogP contribution in [0.3, 0.4) is 0 Å². The third-order valence-corrected chi connectivity index (χ3v) is 2.72. The number of benzene rings is 1. The summed E-state index contributed by atoms with van der Waals surface area (Å²) in [6, 6.07) is 10.6. The van der Waals surface area contributed by atoms with Crippen LogP contribution in [-0.2, 0) is 0 Å². The van der Waals surface area contributed by atoms with Gasteiger partial charge in [0, 0.05) is 0 Å². The fraction of sp³-hybridized carbons (Fsp3) is 0.125. The second kappa shape index (κ2) is 7.09. The SMILES string of the molecule is COc1ccccc1C(=O)NN=C(C)/C=C/c1ccco1. The van der Waals surface area contributed by atoms with E-state index < -0.39 is 0 Å². The number of hydrogen-bond acceptors (Lipinski definition) is 4. The normalized spacial score (nSPS) is 11.6. The van der Waals surface area contributed by atoms with Crippen LogP contribution in [0.2, 0.25) is 0 Å². The molecule has 1 heterocycles. The second-order valence-electron chi connectivity index (χ2n) is 4.24. The lowest BCUT2D eigenvalue weighted by Crippen LogP contribution is -2.19. The van der Waals surface area contributed by atoms with Gasteiger partial charge in [-0.25, -0.2) is 5.43 Å². The van der Waals surface area contributed by atoms with Crippen LogP contribution in [0.5, 0.6) is 5.75 Å². The number of methoxy groups -OCH3 is 1. The zero-order chi connectivity index (χ0) is 15.1. The van der Waals surface area contributed by atoms with Crippen LogP contribution in [0.25, 0.3) is 6.08 Å². The molecule has 0 radical (unpaired) electrons. The van der Waals surface area contributed by atoms with Gasteiger partial charge in [0.15, 0.2) is 0 Å². The number of amides is 1. The Kier molecular flexibility index (Phi) is 4.93. The number of allylic oxidation sites excluding steroid dienone is 1. The Balaban J connectivity index is 2.01. The van der Waals surface area contributed by atoms with Gasteiger partial charge in [-0.2, -0.15) is 5.10 Å². The molecule has 2 rings (SSSR count). The number of para-hydroxylation sites is 1. The lowest BCUT2D eigenvalue weighted by atomic mass is 10.2. The smallest absolute Gasteiger partial charge is 0.275 e. The first kappa shape index (κ1) is 14.6. The van der Waals surface area contributed by atoms with Crippen molar-refractivity contribution in [3.8, 4) is 5.75 Å². The topological polar surface area (TPSA) is 63.8 Å². The van der Waals surface area contributed by atoms with E-state index in [0.29, 0.717) is 17.0 Å². The van der Waals surface area contributed by atoms with Crippen LogP contribution < -0.4 is 10.2 Å². The first-order valence-corrected chi connectivity index (χ1v) is 6.40. The number of nitrogens with zero attached hydrogens (tertiary/aromatic N) is 1. The third kappa shape index (κ3) is 4.07. The van der Waals surface area contributed by atoms with E-state index in [-0.39, 0.29) is 5.91 Å². The summed E-state index contributed by atoms with van der Waals surface area (Å²) >= 11 is 0. The van der Waals surface area contributed by atoms with Crippen molar-refractivity contribution in [1.82, 2.24) is 5.43 Å². The van der Waals surface area contributed by atoms with Crippen molar-refractivity contribution in [2.45, 2.75) is 6.92 Å². The van der Waals surface area contributed by atoms with Crippen molar-refractivity contribution < 1.29 is 13.9 Å². The molecule has 5 nitrogen and oxygen atoms in total. The highest BCUT2D eigenvalue weighted by Gasteiger charge is 2.10. The molecule has 0 saturated carbocycles. The molecule has 1 amide bonds. The molecule has 0 aliphatic rings. The van der Waals surface area contributed by atoms with E-state index >= 15 is 0 Å². The molecule has 21 heavy (non-hydrogen) atoms. The highest BCUT2D eigenvalue weighted by atomic mass is 16.5. The molecule has 0 spiro atoms. The zero-order valence-electron chi connectivity index (χ0n) is 11.9. The van der Waals surface area contributed by atoms with Gasteiger partial charge in [0.05, 0.1) is 24.6 Å². The van der Waals surface area contributed by atoms with Gasteiger partial charge in [-0.3, -0.25) is 4.79 Å². The summed E-state index contributed by atoms with van der Waals surface area (Å²) in [5.74, 6) is 0.910. The molecule has 0 atom stereocenters. The summed E-state index contributed by atoms with van der Waals surface area (Å²) in [5.41, 5.74) is 3.58. The molecular weight excluding hydrogens is 268 g/mol. The Morgan fingerprint density at radius 3 is 2.81 bits per heavy atom. The van der Waals surface area contributed by atoms with E-state index in [4.69, 9.17) is 9.15 Å². The number of carbonyl (C=O) groups is 1. The van der Waals surface area contributed by atoms with Crippen LogP contribution in [0, 0.1) is 0 Å². The zero-order valence-corrected chi connectivity index (χ0v) is 11.9. The van der Waals surface area contributed by atoms with E-state index in [2.05, 4.69) is 10.5 Å². The lowest BCUT2D eigenvalue weighted by molar-refractivity contribution is 0.0952. The lowest BCUT2D eigenvalue weighted by Gasteiger charge is -2.06. The number of furan rings is 1. The molecule has 1 N–H and O–H groups in total. The first-order chi connectivity index (χ1) is 10.2. The molecule has 0 bridgehead atoms. The predicted octanol–water partition coefficient (Wildman–Crippen LogP) is 3.11. The van der Waals surface area contributed by atoms with Gasteiger partial charge < -0.3 is 9.15 Å². The average molecular weight is 284 g/mol. The maximum atomic E-state index is 12.0. The summed E-state index contributed by atoms with van der Waals surface area (Å²) < 4.78 is 10.3. The van der Waals surface area contributed by atoms with Crippen LogP contribution in [0.4, 0.5) is 0 Å². The molecule has 2 aromatic rings. The van der Waals surface area contributed by atoms with Gasteiger partial charge in [-0.1, -0.05) is 12.1 Å². The van der Waals surface area contributed by atoms with Crippen molar-refractivity contribution >= 4 is 17.7 Å². The van der Waals surface area contributed by atoms with Crippen LogP contribution in [0.15, 0.2) is 58.3 Å². The summed E-state index contributed by atoms with van der Waals surface area (Å²) in [6.07, 6.45) is 5.12. The van der Waals surface area contributed by atoms with Crippen molar-refractivity contribution in [1.29, 1.82) is 0 Å². The highest BCUT2D eigenvalue weighted by Crippen LogP contribution is 2.16. The molecule has 0 fully saturated rings. The molecule has 0 aliphatic carbocycles. The fourth-order valence-corrected chi connectivity index (χ4v) is 1.66. The fourth-order valence-electron chi connectivity index (χ4n) is 1.66. The number of hydrogen-bond donors (Lipinski definition) is 1. The van der Waals surface area contributed by atoms with E-state index in [9.17, 15) is 4.79 Å². The first-order valence-electron chi connectivity index (χ1n) is 6.40. The van der Waals surface area contributed by atoms with Crippen LogP contribution in [0.1, 0.15) is 23.0 Å². The minimum absolute atomic E-state index is 0.321. The van der Waals surface area contributed by atoms with Gasteiger partial charge in [0.1, 0.15) is 11.5 Å². The van der Waals surface area contributed by atoms with E-state index in [1.165, 1.54) is 7.11 Å². The van der Waals surface area contributed by atoms with Gasteiger partial charge in [-0.05, 0) is 43.3 Å². The Hall–Kier alpha value is -2.82. The number of nitrogens with one attached hydrogen (secondary N) is 1. The van der Waals surface area contributed by atoms with Gasteiger partial charge >= 0.3 is 0 Å². The Morgan fingerprint density at radius 2 is 2.10 bits per heavy atom. The molecule has 1 aromatic carbocycles. The number of ether oxygens (including phenoxy) is 1. The largest absolute Gasteiger partial charge is 0.496 e. The summed E-state index contributed by atoms with van der Waals surface area (Å²) in [4.78, 5) is 12.0. The monoisotopic (exact) mass is 284 g/mol. The average Bonchev–Trinajstić information content (AvgIpc) is 3.04.